The summed E-state index contributed by atoms with van der Waals surface area (Å²) in [7, 11) is 0. The fourth-order valence-corrected chi connectivity index (χ4v) is 2.33. The first-order chi connectivity index (χ1) is 9.99. The van der Waals surface area contributed by atoms with Crippen LogP contribution in [0.5, 0.6) is 0 Å². The second kappa shape index (κ2) is 7.16. The fourth-order valence-electron chi connectivity index (χ4n) is 1.81. The number of halogens is 3. The van der Waals surface area contributed by atoms with Crippen LogP contribution in [0, 0.1) is 6.92 Å². The molecular weight excluding hydrogens is 333 g/mol. The van der Waals surface area contributed by atoms with Crippen molar-refractivity contribution in [1.29, 1.82) is 0 Å². The lowest BCUT2D eigenvalue weighted by atomic mass is 10.2. The smallest absolute Gasteiger partial charge is 0.251 e. The molecule has 0 unspecified atom stereocenters. The Balaban J connectivity index is 1.80. The van der Waals surface area contributed by atoms with E-state index < -0.39 is 0 Å². The predicted molar refractivity (Wildman–Crippen MR) is 85.4 cm³/mol. The minimum atomic E-state index is -0.132. The third-order valence-electron chi connectivity index (χ3n) is 2.93. The first-order valence-corrected chi connectivity index (χ1v) is 7.54. The van der Waals surface area contributed by atoms with Crippen LogP contribution in [0.3, 0.4) is 0 Å². The molecule has 0 saturated heterocycles. The molecule has 2 rings (SSSR count). The van der Waals surface area contributed by atoms with Gasteiger partial charge in [-0.2, -0.15) is 5.10 Å². The van der Waals surface area contributed by atoms with Crippen LogP contribution in [0.2, 0.25) is 15.2 Å². The summed E-state index contributed by atoms with van der Waals surface area (Å²) in [6.45, 7) is 2.91. The van der Waals surface area contributed by atoms with Crippen LogP contribution in [-0.2, 0) is 6.54 Å². The van der Waals surface area contributed by atoms with Gasteiger partial charge in [0.2, 0.25) is 0 Å². The zero-order valence-electron chi connectivity index (χ0n) is 11.4. The van der Waals surface area contributed by atoms with Crippen molar-refractivity contribution in [1.82, 2.24) is 15.1 Å². The first kappa shape index (κ1) is 16.1. The van der Waals surface area contributed by atoms with Gasteiger partial charge >= 0.3 is 0 Å². The van der Waals surface area contributed by atoms with Crippen molar-refractivity contribution < 1.29 is 4.79 Å². The first-order valence-electron chi connectivity index (χ1n) is 6.41. The molecule has 2 aromatic rings. The van der Waals surface area contributed by atoms with Crippen LogP contribution in [0.4, 0.5) is 0 Å². The molecule has 1 heterocycles. The molecule has 7 heteroatoms. The number of hydrogen-bond donors (Lipinski definition) is 1. The summed E-state index contributed by atoms with van der Waals surface area (Å²) in [5.41, 5.74) is 1.28. The van der Waals surface area contributed by atoms with E-state index in [9.17, 15) is 4.79 Å². The van der Waals surface area contributed by atoms with Crippen molar-refractivity contribution >= 4 is 40.7 Å². The van der Waals surface area contributed by atoms with Crippen molar-refractivity contribution in [3.8, 4) is 0 Å². The number of rotatable bonds is 5. The Labute approximate surface area is 138 Å². The Morgan fingerprint density at radius 3 is 2.48 bits per heavy atom. The van der Waals surface area contributed by atoms with E-state index in [0.29, 0.717) is 46.0 Å². The van der Waals surface area contributed by atoms with E-state index in [4.69, 9.17) is 34.8 Å². The lowest BCUT2D eigenvalue weighted by molar-refractivity contribution is 0.0952. The zero-order valence-corrected chi connectivity index (χ0v) is 13.6. The minimum Gasteiger partial charge on any atom is -0.352 e. The number of amides is 1. The van der Waals surface area contributed by atoms with Crippen LogP contribution in [0.25, 0.3) is 0 Å². The molecular formula is C14H14Cl3N3O. The third-order valence-corrected chi connectivity index (χ3v) is 4.12. The summed E-state index contributed by atoms with van der Waals surface area (Å²) in [4.78, 5) is 11.9. The van der Waals surface area contributed by atoms with Crippen molar-refractivity contribution in [2.75, 3.05) is 6.54 Å². The Bertz CT molecular complexity index is 638. The monoisotopic (exact) mass is 345 g/mol. The molecule has 0 spiro atoms. The summed E-state index contributed by atoms with van der Waals surface area (Å²) < 4.78 is 1.63. The normalized spacial score (nSPS) is 10.7. The third kappa shape index (κ3) is 4.13. The zero-order chi connectivity index (χ0) is 15.4. The van der Waals surface area contributed by atoms with Gasteiger partial charge in [-0.3, -0.25) is 9.48 Å². The molecule has 4 nitrogen and oxygen atoms in total. The van der Waals surface area contributed by atoms with Crippen molar-refractivity contribution in [2.45, 2.75) is 19.9 Å². The molecule has 0 bridgehead atoms. The number of hydrogen-bond acceptors (Lipinski definition) is 2. The summed E-state index contributed by atoms with van der Waals surface area (Å²) in [5, 5.41) is 8.56. The maximum absolute atomic E-state index is 11.9. The minimum absolute atomic E-state index is 0.132. The SMILES string of the molecule is Cc1nn(CCCNC(=O)c2ccc(Cl)cc2)c(Cl)c1Cl. The summed E-state index contributed by atoms with van der Waals surface area (Å²) >= 11 is 17.8. The van der Waals surface area contributed by atoms with Crippen molar-refractivity contribution in [3.63, 3.8) is 0 Å². The number of aryl methyl sites for hydroxylation is 2. The summed E-state index contributed by atoms with van der Waals surface area (Å²) in [5.74, 6) is -0.132. The van der Waals surface area contributed by atoms with Gasteiger partial charge in [-0.1, -0.05) is 34.8 Å². The Hall–Kier alpha value is -1.23. The summed E-state index contributed by atoms with van der Waals surface area (Å²) in [6.07, 6.45) is 0.705. The Kier molecular flexibility index (Phi) is 5.51. The molecule has 112 valence electrons. The molecule has 0 atom stereocenters. The molecule has 0 aliphatic heterocycles. The number of nitrogens with one attached hydrogen (secondary N) is 1. The number of carbonyl (C=O) groups excluding carboxylic acids is 1. The largest absolute Gasteiger partial charge is 0.352 e. The van der Waals surface area contributed by atoms with Gasteiger partial charge in [0.1, 0.15) is 10.2 Å². The molecule has 0 fully saturated rings. The van der Waals surface area contributed by atoms with Gasteiger partial charge in [0.25, 0.3) is 5.91 Å². The average molecular weight is 347 g/mol. The average Bonchev–Trinajstić information content (AvgIpc) is 2.71. The maximum Gasteiger partial charge on any atom is 0.251 e. The second-order valence-corrected chi connectivity index (χ2v) is 5.70. The highest BCUT2D eigenvalue weighted by atomic mass is 35.5. The Morgan fingerprint density at radius 2 is 1.90 bits per heavy atom. The van der Waals surface area contributed by atoms with E-state index in [2.05, 4.69) is 10.4 Å². The molecule has 0 saturated carbocycles. The topological polar surface area (TPSA) is 46.9 Å². The van der Waals surface area contributed by atoms with Crippen molar-refractivity contribution in [2.24, 2.45) is 0 Å². The number of benzene rings is 1. The van der Waals surface area contributed by atoms with Gasteiger partial charge in [0.15, 0.2) is 0 Å². The fraction of sp³-hybridized carbons (Fsp3) is 0.286. The van der Waals surface area contributed by atoms with Crippen LogP contribution in [0.15, 0.2) is 24.3 Å². The molecule has 1 amide bonds. The van der Waals surface area contributed by atoms with E-state index in [-0.39, 0.29) is 5.91 Å². The highest BCUT2D eigenvalue weighted by Crippen LogP contribution is 2.24. The van der Waals surface area contributed by atoms with Gasteiger partial charge in [-0.05, 0) is 37.6 Å². The van der Waals surface area contributed by atoms with Crippen molar-refractivity contribution in [3.05, 3.63) is 50.7 Å². The number of nitrogens with zero attached hydrogens (tertiary/aromatic N) is 2. The maximum atomic E-state index is 11.9. The van der Waals surface area contributed by atoms with Gasteiger partial charge in [-0.15, -0.1) is 0 Å². The number of carbonyl (C=O) groups is 1. The standard InChI is InChI=1S/C14H14Cl3N3O/c1-9-12(16)13(17)20(19-9)8-2-7-18-14(21)10-3-5-11(15)6-4-10/h3-6H,2,7-8H2,1H3,(H,18,21). The van der Waals surface area contributed by atoms with Crippen LogP contribution >= 0.6 is 34.8 Å². The molecule has 0 radical (unpaired) electrons. The van der Waals surface area contributed by atoms with Gasteiger partial charge in [0.05, 0.1) is 5.69 Å². The molecule has 1 aromatic heterocycles. The highest BCUT2D eigenvalue weighted by molar-refractivity contribution is 6.41. The lowest BCUT2D eigenvalue weighted by Gasteiger charge is -2.06. The molecule has 1 N–H and O–H groups in total. The molecule has 21 heavy (non-hydrogen) atoms. The van der Waals surface area contributed by atoms with E-state index in [1.807, 2.05) is 0 Å². The van der Waals surface area contributed by atoms with E-state index >= 15 is 0 Å². The Morgan fingerprint density at radius 1 is 1.24 bits per heavy atom. The van der Waals surface area contributed by atoms with E-state index in [0.717, 1.165) is 0 Å². The van der Waals surface area contributed by atoms with E-state index in [1.165, 1.54) is 0 Å². The van der Waals surface area contributed by atoms with Gasteiger partial charge < -0.3 is 5.32 Å². The van der Waals surface area contributed by atoms with Crippen LogP contribution in [-0.4, -0.2) is 22.2 Å². The quantitative estimate of drug-likeness (QED) is 0.833. The van der Waals surface area contributed by atoms with Crippen LogP contribution < -0.4 is 5.32 Å². The number of aromatic nitrogens is 2. The molecule has 0 aliphatic carbocycles. The van der Waals surface area contributed by atoms with Gasteiger partial charge in [0, 0.05) is 23.7 Å². The predicted octanol–water partition coefficient (Wildman–Crippen LogP) is 3.97. The second-order valence-electron chi connectivity index (χ2n) is 4.53. The van der Waals surface area contributed by atoms with Gasteiger partial charge in [-0.25, -0.2) is 0 Å². The van der Waals surface area contributed by atoms with E-state index in [1.54, 1.807) is 35.9 Å². The highest BCUT2D eigenvalue weighted by Gasteiger charge is 2.10. The molecule has 0 aliphatic rings. The lowest BCUT2D eigenvalue weighted by Crippen LogP contribution is -2.25. The molecule has 1 aromatic carbocycles. The summed E-state index contributed by atoms with van der Waals surface area (Å²) in [6, 6.07) is 6.74. The van der Waals surface area contributed by atoms with Crippen LogP contribution in [0.1, 0.15) is 22.5 Å².